The van der Waals surface area contributed by atoms with E-state index in [0.29, 0.717) is 13.1 Å². The average molecular weight is 380 g/mol. The fourth-order valence-corrected chi connectivity index (χ4v) is 3.70. The minimum atomic E-state index is -3.68. The van der Waals surface area contributed by atoms with Gasteiger partial charge in [-0.3, -0.25) is 4.79 Å². The minimum absolute atomic E-state index is 0.0594. The Morgan fingerprint density at radius 2 is 2.00 bits per heavy atom. The molecule has 0 aromatic rings. The molecule has 3 atom stereocenters. The van der Waals surface area contributed by atoms with E-state index < -0.39 is 23.4 Å². The summed E-state index contributed by atoms with van der Waals surface area (Å²) >= 11 is 0. The summed E-state index contributed by atoms with van der Waals surface area (Å²) in [6.45, 7) is 3.13. The van der Waals surface area contributed by atoms with Gasteiger partial charge < -0.3 is 32.1 Å². The monoisotopic (exact) mass is 380 g/mol. The van der Waals surface area contributed by atoms with Crippen LogP contribution in [0.3, 0.4) is 0 Å². The van der Waals surface area contributed by atoms with Crippen LogP contribution >= 0.6 is 0 Å². The molecule has 1 amide bonds. The van der Waals surface area contributed by atoms with Crippen LogP contribution in [0.1, 0.15) is 6.92 Å². The Hall–Kier alpha value is -0.795. The van der Waals surface area contributed by atoms with Gasteiger partial charge in [0.25, 0.3) is 10.2 Å². The molecule has 0 unspecified atom stereocenters. The zero-order valence-electron chi connectivity index (χ0n) is 14.4. The maximum atomic E-state index is 12.3. The minimum Gasteiger partial charge on any atom is -0.427 e. The predicted molar refractivity (Wildman–Crippen MR) is 94.5 cm³/mol. The molecular weight excluding hydrogens is 351 g/mol. The molecule has 0 aromatic carbocycles. The lowest BCUT2D eigenvalue weighted by Crippen LogP contribution is -2.45. The number of carbonyl (C=O) groups excluding carboxylic acids is 1. The first kappa shape index (κ1) is 22.2. The molecular formula is C12H29BN6O5S. The Labute approximate surface area is 148 Å². The summed E-state index contributed by atoms with van der Waals surface area (Å²) in [5, 5.41) is 23.1. The van der Waals surface area contributed by atoms with Gasteiger partial charge in [-0.25, -0.2) is 4.72 Å². The molecule has 0 aliphatic carbocycles. The van der Waals surface area contributed by atoms with Crippen molar-refractivity contribution < 1.29 is 23.3 Å². The third-order valence-corrected chi connectivity index (χ3v) is 5.45. The van der Waals surface area contributed by atoms with Crippen LogP contribution in [0.4, 0.5) is 0 Å². The second-order valence-corrected chi connectivity index (χ2v) is 7.95. The van der Waals surface area contributed by atoms with Gasteiger partial charge in [0.2, 0.25) is 5.91 Å². The van der Waals surface area contributed by atoms with E-state index in [0.717, 1.165) is 0 Å². The molecule has 0 aromatic heterocycles. The zero-order valence-corrected chi connectivity index (χ0v) is 15.2. The van der Waals surface area contributed by atoms with Gasteiger partial charge in [0.05, 0.1) is 6.04 Å². The highest BCUT2D eigenvalue weighted by Gasteiger charge is 2.36. The summed E-state index contributed by atoms with van der Waals surface area (Å²) in [5.74, 6) is -0.410. The van der Waals surface area contributed by atoms with Crippen LogP contribution < -0.4 is 26.8 Å². The second kappa shape index (κ2) is 10.4. The Bertz CT molecular complexity index is 520. The molecule has 1 aliphatic rings. The van der Waals surface area contributed by atoms with E-state index in [4.69, 9.17) is 21.5 Å². The Balaban J connectivity index is 2.35. The number of carbonyl (C=O) groups is 1. The highest BCUT2D eigenvalue weighted by molar-refractivity contribution is 7.87. The van der Waals surface area contributed by atoms with E-state index in [1.54, 1.807) is 6.92 Å². The molecule has 11 nitrogen and oxygen atoms in total. The smallest absolute Gasteiger partial charge is 0.427 e. The van der Waals surface area contributed by atoms with Crippen LogP contribution in [0.5, 0.6) is 0 Å². The zero-order chi connectivity index (χ0) is 19.0. The molecule has 25 heavy (non-hydrogen) atoms. The van der Waals surface area contributed by atoms with Crippen molar-refractivity contribution in [3.8, 4) is 0 Å². The molecule has 1 saturated heterocycles. The quantitative estimate of drug-likeness (QED) is 0.138. The standard InChI is InChI=1S/C12H29BN6O5S/c1-9(14)12(20)17-4-5-18-25(23,24)19-7-10(11(15)8-19)6-16-3-2-13(21)22/h9-11,16,18,21-22H,2-8,14-15H2,1H3,(H,17,20)/t9-,10-,11-/m0/s1. The molecule has 0 spiro atoms. The summed E-state index contributed by atoms with van der Waals surface area (Å²) in [7, 11) is -5.04. The molecule has 1 aliphatic heterocycles. The molecule has 13 heteroatoms. The number of nitrogens with one attached hydrogen (secondary N) is 3. The van der Waals surface area contributed by atoms with Crippen LogP contribution in [0.25, 0.3) is 0 Å². The third kappa shape index (κ3) is 7.96. The molecule has 146 valence electrons. The van der Waals surface area contributed by atoms with E-state index >= 15 is 0 Å². The lowest BCUT2D eigenvalue weighted by Gasteiger charge is -2.17. The fourth-order valence-electron chi connectivity index (χ4n) is 2.40. The van der Waals surface area contributed by atoms with Crippen molar-refractivity contribution in [2.24, 2.45) is 17.4 Å². The van der Waals surface area contributed by atoms with Crippen LogP contribution in [0.15, 0.2) is 0 Å². The van der Waals surface area contributed by atoms with Crippen molar-refractivity contribution >= 4 is 23.2 Å². The topological polar surface area (TPSA) is 183 Å². The van der Waals surface area contributed by atoms with Crippen LogP contribution in [0.2, 0.25) is 6.32 Å². The van der Waals surface area contributed by atoms with Gasteiger partial charge in [-0.1, -0.05) is 0 Å². The predicted octanol–water partition coefficient (Wildman–Crippen LogP) is -4.39. The van der Waals surface area contributed by atoms with Gasteiger partial charge in [-0.2, -0.15) is 12.7 Å². The van der Waals surface area contributed by atoms with E-state index in [-0.39, 0.29) is 50.4 Å². The van der Waals surface area contributed by atoms with Crippen molar-refractivity contribution in [2.45, 2.75) is 25.3 Å². The van der Waals surface area contributed by atoms with E-state index in [1.807, 2.05) is 0 Å². The van der Waals surface area contributed by atoms with Crippen LogP contribution in [-0.4, -0.2) is 87.1 Å². The first-order valence-electron chi connectivity index (χ1n) is 8.24. The van der Waals surface area contributed by atoms with E-state index in [1.165, 1.54) is 4.31 Å². The molecule has 1 heterocycles. The van der Waals surface area contributed by atoms with Crippen molar-refractivity contribution in [1.29, 1.82) is 0 Å². The third-order valence-electron chi connectivity index (χ3n) is 3.91. The Morgan fingerprint density at radius 3 is 2.60 bits per heavy atom. The molecule has 0 radical (unpaired) electrons. The second-order valence-electron chi connectivity index (χ2n) is 6.19. The first-order valence-corrected chi connectivity index (χ1v) is 9.68. The number of hydrogen-bond donors (Lipinski definition) is 7. The molecule has 0 bridgehead atoms. The summed E-state index contributed by atoms with van der Waals surface area (Å²) in [6, 6.07) is -0.950. The van der Waals surface area contributed by atoms with Gasteiger partial charge in [-0.05, 0) is 19.8 Å². The summed E-state index contributed by atoms with van der Waals surface area (Å²) in [4.78, 5) is 11.3. The summed E-state index contributed by atoms with van der Waals surface area (Å²) in [5.41, 5.74) is 11.4. The SMILES string of the molecule is C[C@H](N)C(=O)NCCNS(=O)(=O)N1C[C@H](CNCCB(O)O)[C@@H](N)C1. The van der Waals surface area contributed by atoms with Crippen molar-refractivity contribution in [3.63, 3.8) is 0 Å². The van der Waals surface area contributed by atoms with Crippen LogP contribution in [0, 0.1) is 5.92 Å². The Kier molecular flexibility index (Phi) is 9.23. The fraction of sp³-hybridized carbons (Fsp3) is 0.917. The normalized spacial score (nSPS) is 22.8. The number of amides is 1. The van der Waals surface area contributed by atoms with Crippen molar-refractivity contribution in [2.75, 3.05) is 39.3 Å². The van der Waals surface area contributed by atoms with Gasteiger partial charge in [-0.15, -0.1) is 0 Å². The van der Waals surface area contributed by atoms with Gasteiger partial charge in [0.1, 0.15) is 0 Å². The van der Waals surface area contributed by atoms with Gasteiger partial charge in [0.15, 0.2) is 0 Å². The van der Waals surface area contributed by atoms with E-state index in [9.17, 15) is 13.2 Å². The number of nitrogens with zero attached hydrogens (tertiary/aromatic N) is 1. The first-order chi connectivity index (χ1) is 11.6. The maximum absolute atomic E-state index is 12.3. The molecule has 1 rings (SSSR count). The van der Waals surface area contributed by atoms with Gasteiger partial charge in [0, 0.05) is 44.7 Å². The lowest BCUT2D eigenvalue weighted by molar-refractivity contribution is -0.121. The largest absolute Gasteiger partial charge is 0.452 e. The van der Waals surface area contributed by atoms with Crippen LogP contribution in [-0.2, 0) is 15.0 Å². The van der Waals surface area contributed by atoms with E-state index in [2.05, 4.69) is 15.4 Å². The number of hydrogen-bond acceptors (Lipinski definition) is 8. The number of rotatable bonds is 11. The molecule has 9 N–H and O–H groups in total. The highest BCUT2D eigenvalue weighted by Crippen LogP contribution is 2.17. The molecule has 1 fully saturated rings. The van der Waals surface area contributed by atoms with Crippen molar-refractivity contribution in [1.82, 2.24) is 19.7 Å². The lowest BCUT2D eigenvalue weighted by atomic mass is 9.86. The number of nitrogens with two attached hydrogens (primary N) is 2. The average Bonchev–Trinajstić information content (AvgIpc) is 2.89. The maximum Gasteiger partial charge on any atom is 0.452 e. The Morgan fingerprint density at radius 1 is 1.32 bits per heavy atom. The highest BCUT2D eigenvalue weighted by atomic mass is 32.2. The molecule has 0 saturated carbocycles. The summed E-state index contributed by atoms with van der Waals surface area (Å²) < 4.78 is 28.2. The van der Waals surface area contributed by atoms with Gasteiger partial charge >= 0.3 is 7.12 Å². The van der Waals surface area contributed by atoms with Crippen molar-refractivity contribution in [3.05, 3.63) is 0 Å². The summed E-state index contributed by atoms with van der Waals surface area (Å²) in [6.07, 6.45) is 0.193.